The smallest absolute Gasteiger partial charge is 0.119 e. The van der Waals surface area contributed by atoms with Crippen molar-refractivity contribution in [2.45, 2.75) is 51.8 Å². The molecule has 4 rings (SSSR count). The Kier molecular flexibility index (Phi) is 7.68. The summed E-state index contributed by atoms with van der Waals surface area (Å²) in [5, 5.41) is 15.4. The summed E-state index contributed by atoms with van der Waals surface area (Å²) < 4.78 is 13.8. The summed E-state index contributed by atoms with van der Waals surface area (Å²) in [6.45, 7) is 8.41. The lowest BCUT2D eigenvalue weighted by molar-refractivity contribution is -0.0168. The zero-order valence-electron chi connectivity index (χ0n) is 19.7. The van der Waals surface area contributed by atoms with Crippen LogP contribution in [0.15, 0.2) is 60.9 Å². The molecule has 1 saturated heterocycles. The van der Waals surface area contributed by atoms with Gasteiger partial charge in [-0.15, -0.1) is 0 Å². The average molecular weight is 450 g/mol. The number of ether oxygens (including phenoxy) is 2. The first-order valence-corrected chi connectivity index (χ1v) is 11.8. The predicted molar refractivity (Wildman–Crippen MR) is 130 cm³/mol. The molecule has 0 bridgehead atoms. The Balaban J connectivity index is 1.25. The minimum absolute atomic E-state index is 0.336. The van der Waals surface area contributed by atoms with Gasteiger partial charge in [-0.05, 0) is 75.0 Å². The number of aliphatic hydroxyl groups is 1. The molecular weight excluding hydrogens is 414 g/mol. The van der Waals surface area contributed by atoms with Crippen LogP contribution in [0.5, 0.6) is 11.5 Å². The summed E-state index contributed by atoms with van der Waals surface area (Å²) in [7, 11) is 0. The van der Waals surface area contributed by atoms with Crippen LogP contribution in [0.1, 0.15) is 36.0 Å². The SMILES string of the molecule is Cc1ccc(OC[C@@]2(O)CCCN(Cc3cccc(OCCn4cc(C)cn4)c3)CC2)cc1. The number of rotatable bonds is 9. The Bertz CT molecular complexity index is 1020. The van der Waals surface area contributed by atoms with Crippen molar-refractivity contribution >= 4 is 0 Å². The topological polar surface area (TPSA) is 59.8 Å². The highest BCUT2D eigenvalue weighted by molar-refractivity contribution is 5.28. The van der Waals surface area contributed by atoms with Crippen molar-refractivity contribution < 1.29 is 14.6 Å². The maximum absolute atomic E-state index is 11.1. The molecular formula is C27H35N3O3. The van der Waals surface area contributed by atoms with Crippen molar-refractivity contribution in [2.24, 2.45) is 0 Å². The fourth-order valence-corrected chi connectivity index (χ4v) is 4.23. The first-order chi connectivity index (χ1) is 16.0. The number of benzene rings is 2. The predicted octanol–water partition coefficient (Wildman–Crippen LogP) is 4.37. The molecule has 1 N–H and O–H groups in total. The van der Waals surface area contributed by atoms with Crippen LogP contribution in [-0.4, -0.2) is 51.7 Å². The number of likely N-dealkylation sites (tertiary alicyclic amines) is 1. The fraction of sp³-hybridized carbons (Fsp3) is 0.444. The van der Waals surface area contributed by atoms with Crippen LogP contribution < -0.4 is 9.47 Å². The average Bonchev–Trinajstić information content (AvgIpc) is 3.13. The molecule has 0 saturated carbocycles. The minimum atomic E-state index is -0.782. The summed E-state index contributed by atoms with van der Waals surface area (Å²) in [5.41, 5.74) is 2.80. The van der Waals surface area contributed by atoms with Gasteiger partial charge in [-0.3, -0.25) is 9.58 Å². The summed E-state index contributed by atoms with van der Waals surface area (Å²) in [6, 6.07) is 16.3. The van der Waals surface area contributed by atoms with E-state index in [1.54, 1.807) is 0 Å². The third-order valence-corrected chi connectivity index (χ3v) is 6.19. The number of hydrogen-bond acceptors (Lipinski definition) is 5. The Labute approximate surface area is 196 Å². The maximum atomic E-state index is 11.1. The van der Waals surface area contributed by atoms with Crippen LogP contribution in [0.25, 0.3) is 0 Å². The molecule has 6 nitrogen and oxygen atoms in total. The highest BCUT2D eigenvalue weighted by atomic mass is 16.5. The van der Waals surface area contributed by atoms with Gasteiger partial charge in [0.2, 0.25) is 0 Å². The van der Waals surface area contributed by atoms with E-state index in [-0.39, 0.29) is 0 Å². The monoisotopic (exact) mass is 449 g/mol. The largest absolute Gasteiger partial charge is 0.492 e. The summed E-state index contributed by atoms with van der Waals surface area (Å²) in [5.74, 6) is 1.70. The fourth-order valence-electron chi connectivity index (χ4n) is 4.23. The minimum Gasteiger partial charge on any atom is -0.492 e. The summed E-state index contributed by atoms with van der Waals surface area (Å²) in [4.78, 5) is 2.41. The van der Waals surface area contributed by atoms with Gasteiger partial charge in [0, 0.05) is 19.3 Å². The first kappa shape index (κ1) is 23.3. The van der Waals surface area contributed by atoms with Gasteiger partial charge in [-0.2, -0.15) is 5.10 Å². The van der Waals surface area contributed by atoms with Crippen LogP contribution in [0, 0.1) is 13.8 Å². The maximum Gasteiger partial charge on any atom is 0.119 e. The zero-order valence-corrected chi connectivity index (χ0v) is 19.7. The van der Waals surface area contributed by atoms with E-state index in [1.165, 1.54) is 11.1 Å². The lowest BCUT2D eigenvalue weighted by atomic mass is 9.96. The first-order valence-electron chi connectivity index (χ1n) is 11.8. The molecule has 1 atom stereocenters. The van der Waals surface area contributed by atoms with Crippen molar-refractivity contribution in [1.29, 1.82) is 0 Å². The van der Waals surface area contributed by atoms with Crippen LogP contribution >= 0.6 is 0 Å². The molecule has 1 fully saturated rings. The van der Waals surface area contributed by atoms with E-state index in [4.69, 9.17) is 9.47 Å². The van der Waals surface area contributed by atoms with E-state index >= 15 is 0 Å². The van der Waals surface area contributed by atoms with Gasteiger partial charge in [0.25, 0.3) is 0 Å². The third-order valence-electron chi connectivity index (χ3n) is 6.19. The van der Waals surface area contributed by atoms with Gasteiger partial charge < -0.3 is 14.6 Å². The molecule has 1 aliphatic heterocycles. The molecule has 0 radical (unpaired) electrons. The number of nitrogens with zero attached hydrogens (tertiary/aromatic N) is 3. The number of aromatic nitrogens is 2. The Morgan fingerprint density at radius 2 is 1.82 bits per heavy atom. The standard InChI is InChI=1S/C27H35N3O3/c1-22-7-9-25(10-8-22)33-21-27(31)11-4-13-29(14-12-27)20-24-5-3-6-26(17-24)32-16-15-30-19-23(2)18-28-30/h3,5-10,17-19,31H,4,11-16,20-21H2,1-2H3/t27-/m1/s1. The van der Waals surface area contributed by atoms with Gasteiger partial charge in [0.15, 0.2) is 0 Å². The van der Waals surface area contributed by atoms with Crippen molar-refractivity contribution in [3.05, 3.63) is 77.6 Å². The quantitative estimate of drug-likeness (QED) is 0.526. The Morgan fingerprint density at radius 3 is 2.61 bits per heavy atom. The molecule has 0 amide bonds. The zero-order chi connectivity index (χ0) is 23.1. The molecule has 0 unspecified atom stereocenters. The Hall–Kier alpha value is -2.83. The molecule has 176 valence electrons. The van der Waals surface area contributed by atoms with E-state index < -0.39 is 5.60 Å². The van der Waals surface area contributed by atoms with Gasteiger partial charge in [-0.25, -0.2) is 0 Å². The van der Waals surface area contributed by atoms with Gasteiger partial charge in [0.05, 0.1) is 18.3 Å². The summed E-state index contributed by atoms with van der Waals surface area (Å²) >= 11 is 0. The summed E-state index contributed by atoms with van der Waals surface area (Å²) in [6.07, 6.45) is 6.29. The number of aryl methyl sites for hydroxylation is 2. The van der Waals surface area contributed by atoms with Crippen LogP contribution in [0.2, 0.25) is 0 Å². The van der Waals surface area contributed by atoms with Crippen LogP contribution in [0.3, 0.4) is 0 Å². The van der Waals surface area contributed by atoms with Gasteiger partial charge >= 0.3 is 0 Å². The van der Waals surface area contributed by atoms with Crippen LogP contribution in [-0.2, 0) is 13.1 Å². The molecule has 1 aliphatic rings. The third kappa shape index (κ3) is 7.07. The van der Waals surface area contributed by atoms with Crippen molar-refractivity contribution in [2.75, 3.05) is 26.3 Å². The Morgan fingerprint density at radius 1 is 0.970 bits per heavy atom. The highest BCUT2D eigenvalue weighted by Gasteiger charge is 2.31. The van der Waals surface area contributed by atoms with Gasteiger partial charge in [-0.1, -0.05) is 29.8 Å². The van der Waals surface area contributed by atoms with Crippen molar-refractivity contribution in [3.63, 3.8) is 0 Å². The molecule has 1 aromatic heterocycles. The molecule has 0 spiro atoms. The molecule has 0 aliphatic carbocycles. The molecule has 2 heterocycles. The lowest BCUT2D eigenvalue weighted by Crippen LogP contribution is -2.37. The van der Waals surface area contributed by atoms with E-state index in [9.17, 15) is 5.11 Å². The van der Waals surface area contributed by atoms with E-state index in [2.05, 4.69) is 29.1 Å². The molecule has 2 aromatic carbocycles. The molecule has 3 aromatic rings. The highest BCUT2D eigenvalue weighted by Crippen LogP contribution is 2.25. The van der Waals surface area contributed by atoms with E-state index in [0.29, 0.717) is 19.6 Å². The van der Waals surface area contributed by atoms with Crippen molar-refractivity contribution in [1.82, 2.24) is 14.7 Å². The lowest BCUT2D eigenvalue weighted by Gasteiger charge is -2.27. The van der Waals surface area contributed by atoms with E-state index in [1.807, 2.05) is 60.4 Å². The second kappa shape index (κ2) is 10.9. The van der Waals surface area contributed by atoms with Crippen molar-refractivity contribution in [3.8, 4) is 11.5 Å². The van der Waals surface area contributed by atoms with E-state index in [0.717, 1.165) is 56.1 Å². The molecule has 6 heteroatoms. The van der Waals surface area contributed by atoms with Gasteiger partial charge in [0.1, 0.15) is 24.7 Å². The second-order valence-corrected chi connectivity index (χ2v) is 9.23. The van der Waals surface area contributed by atoms with Crippen LogP contribution in [0.4, 0.5) is 0 Å². The second-order valence-electron chi connectivity index (χ2n) is 9.23. The molecule has 33 heavy (non-hydrogen) atoms. The number of hydrogen-bond donors (Lipinski definition) is 1. The normalized spacial score (nSPS) is 19.2.